The molecule has 1 saturated heterocycles. The van der Waals surface area contributed by atoms with Crippen molar-refractivity contribution in [3.05, 3.63) is 23.3 Å². The molecule has 180 valence electrons. The number of ether oxygens (including phenoxy) is 2. The van der Waals surface area contributed by atoms with Crippen LogP contribution in [0.2, 0.25) is 0 Å². The molecule has 1 aliphatic rings. The maximum Gasteiger partial charge on any atom is 0.411 e. The van der Waals surface area contributed by atoms with Crippen LogP contribution in [0.4, 0.5) is 10.5 Å². The molecule has 1 fully saturated rings. The van der Waals surface area contributed by atoms with Crippen molar-refractivity contribution in [3.63, 3.8) is 0 Å². The lowest BCUT2D eigenvalue weighted by molar-refractivity contribution is -0.122. The minimum atomic E-state index is -3.76. The van der Waals surface area contributed by atoms with Crippen molar-refractivity contribution in [3.8, 4) is 5.75 Å². The van der Waals surface area contributed by atoms with Gasteiger partial charge in [-0.3, -0.25) is 13.9 Å². The van der Waals surface area contributed by atoms with Crippen molar-refractivity contribution < 1.29 is 31.7 Å². The van der Waals surface area contributed by atoms with Gasteiger partial charge in [-0.05, 0) is 64.8 Å². The number of benzene rings is 1. The van der Waals surface area contributed by atoms with Gasteiger partial charge in [-0.2, -0.15) is 8.42 Å². The summed E-state index contributed by atoms with van der Waals surface area (Å²) in [5.41, 5.74) is 1.72. The maximum absolute atomic E-state index is 13.6. The molecule has 1 aromatic rings. The molecule has 0 aromatic heterocycles. The zero-order chi connectivity index (χ0) is 24.4. The molecule has 10 heteroatoms. The molecule has 2 amide bonds. The summed E-state index contributed by atoms with van der Waals surface area (Å²) in [5.74, 6) is 0.387. The fourth-order valence-electron chi connectivity index (χ4n) is 3.79. The lowest BCUT2D eigenvalue weighted by atomic mass is 10.0. The van der Waals surface area contributed by atoms with Crippen LogP contribution in [0.15, 0.2) is 12.1 Å². The molecule has 1 aromatic carbocycles. The highest BCUT2D eigenvalue weighted by Crippen LogP contribution is 2.32. The molecule has 0 aliphatic carbocycles. The number of likely N-dealkylation sites (tertiary alicyclic amines) is 1. The Morgan fingerprint density at radius 3 is 2.31 bits per heavy atom. The third kappa shape index (κ3) is 6.13. The van der Waals surface area contributed by atoms with Gasteiger partial charge in [0, 0.05) is 18.7 Å². The Morgan fingerprint density at radius 1 is 1.19 bits per heavy atom. The van der Waals surface area contributed by atoms with Crippen LogP contribution in [0.25, 0.3) is 0 Å². The highest BCUT2D eigenvalue weighted by Gasteiger charge is 2.44. The largest absolute Gasteiger partial charge is 0.496 e. The number of hydrogen-bond donors (Lipinski definition) is 0. The molecular formula is C22H34N2O7S. The number of amides is 2. The van der Waals surface area contributed by atoms with E-state index in [2.05, 4.69) is 0 Å². The van der Waals surface area contributed by atoms with E-state index in [0.717, 1.165) is 17.4 Å². The van der Waals surface area contributed by atoms with E-state index in [0.29, 0.717) is 18.0 Å². The van der Waals surface area contributed by atoms with Gasteiger partial charge in [0.2, 0.25) is 5.91 Å². The first-order chi connectivity index (χ1) is 14.7. The second-order valence-corrected chi connectivity index (χ2v) is 10.5. The molecule has 0 spiro atoms. The van der Waals surface area contributed by atoms with Crippen LogP contribution in [0.5, 0.6) is 5.75 Å². The highest BCUT2D eigenvalue weighted by atomic mass is 32.2. The molecule has 0 N–H and O–H groups in total. The Balaban J connectivity index is 2.41. The number of methoxy groups -OCH3 is 1. The van der Waals surface area contributed by atoms with Crippen LogP contribution >= 0.6 is 0 Å². The molecule has 0 bridgehead atoms. The van der Waals surface area contributed by atoms with Gasteiger partial charge in [-0.15, -0.1) is 0 Å². The number of rotatable bonds is 6. The average molecular weight is 471 g/mol. The summed E-state index contributed by atoms with van der Waals surface area (Å²) in [5, 5.41) is 0. The molecule has 1 aliphatic heterocycles. The van der Waals surface area contributed by atoms with Crippen LogP contribution < -0.4 is 9.64 Å². The lowest BCUT2D eigenvalue weighted by Gasteiger charge is -2.32. The van der Waals surface area contributed by atoms with Crippen LogP contribution in [0, 0.1) is 13.8 Å². The highest BCUT2D eigenvalue weighted by molar-refractivity contribution is 7.86. The van der Waals surface area contributed by atoms with Crippen LogP contribution in [0.1, 0.15) is 45.2 Å². The predicted molar refractivity (Wildman–Crippen MR) is 122 cm³/mol. The summed E-state index contributed by atoms with van der Waals surface area (Å²) in [4.78, 5) is 29.3. The fraction of sp³-hybridized carbons (Fsp3) is 0.636. The van der Waals surface area contributed by atoms with Gasteiger partial charge in [0.05, 0.1) is 26.0 Å². The summed E-state index contributed by atoms with van der Waals surface area (Å²) in [6, 6.07) is 2.68. The number of carbonyl (C=O) groups excluding carboxylic acids is 2. The van der Waals surface area contributed by atoms with E-state index in [1.165, 1.54) is 4.90 Å². The van der Waals surface area contributed by atoms with Crippen molar-refractivity contribution in [2.24, 2.45) is 0 Å². The number of hydrogen-bond acceptors (Lipinski definition) is 7. The minimum Gasteiger partial charge on any atom is -0.496 e. The zero-order valence-corrected chi connectivity index (χ0v) is 20.9. The molecule has 9 nitrogen and oxygen atoms in total. The fourth-order valence-corrected chi connectivity index (χ4v) is 4.42. The normalized spacial score (nSPS) is 19.1. The smallest absolute Gasteiger partial charge is 0.411 e. The lowest BCUT2D eigenvalue weighted by Crippen LogP contribution is -2.49. The number of anilines is 1. The van der Waals surface area contributed by atoms with Crippen molar-refractivity contribution in [1.82, 2.24) is 4.90 Å². The molecule has 0 unspecified atom stereocenters. The summed E-state index contributed by atoms with van der Waals surface area (Å²) < 4.78 is 39.3. The van der Waals surface area contributed by atoms with Crippen LogP contribution in [-0.4, -0.2) is 69.5 Å². The van der Waals surface area contributed by atoms with Gasteiger partial charge in [0.1, 0.15) is 17.4 Å². The van der Waals surface area contributed by atoms with Gasteiger partial charge in [0.15, 0.2) is 0 Å². The SMILES string of the molecule is CCN(C(=O)[C@@H]1C[C@@H](OS(C)(=O)=O)CN1C(=O)OC(C)(C)C)c1ccc(OC)c(C)c1C. The minimum absolute atomic E-state index is 0.0514. The molecule has 2 rings (SSSR count). The Labute approximate surface area is 190 Å². The van der Waals surface area contributed by atoms with Gasteiger partial charge in [-0.25, -0.2) is 4.79 Å². The summed E-state index contributed by atoms with van der Waals surface area (Å²) in [7, 11) is -2.17. The summed E-state index contributed by atoms with van der Waals surface area (Å²) >= 11 is 0. The molecule has 0 saturated carbocycles. The monoisotopic (exact) mass is 470 g/mol. The topological polar surface area (TPSA) is 102 Å². The second-order valence-electron chi connectivity index (χ2n) is 8.93. The van der Waals surface area contributed by atoms with Gasteiger partial charge < -0.3 is 14.4 Å². The Morgan fingerprint density at radius 2 is 1.81 bits per heavy atom. The van der Waals surface area contributed by atoms with Gasteiger partial charge in [0.25, 0.3) is 10.1 Å². The van der Waals surface area contributed by atoms with E-state index in [4.69, 9.17) is 13.7 Å². The van der Waals surface area contributed by atoms with E-state index < -0.39 is 34.0 Å². The molecule has 32 heavy (non-hydrogen) atoms. The number of carbonyl (C=O) groups is 2. The standard InChI is InChI=1S/C22H34N2O7S/c1-9-23(17-10-11-19(29-7)15(3)14(17)2)20(25)18-12-16(31-32(8,27)28)13-24(18)21(26)30-22(4,5)6/h10-11,16,18H,9,12-13H2,1-8H3/t16-,18+/m1/s1. The first-order valence-electron chi connectivity index (χ1n) is 10.5. The summed E-state index contributed by atoms with van der Waals surface area (Å²) in [6.45, 7) is 11.1. The van der Waals surface area contributed by atoms with E-state index >= 15 is 0 Å². The van der Waals surface area contributed by atoms with Crippen molar-refractivity contribution in [2.75, 3.05) is 31.4 Å². The second kappa shape index (κ2) is 9.66. The van der Waals surface area contributed by atoms with E-state index in [1.54, 1.807) is 44.9 Å². The third-order valence-corrected chi connectivity index (χ3v) is 5.91. The first-order valence-corrected chi connectivity index (χ1v) is 12.3. The maximum atomic E-state index is 13.6. The average Bonchev–Trinajstić information content (AvgIpc) is 3.06. The van der Waals surface area contributed by atoms with Crippen LogP contribution in [-0.2, 0) is 23.8 Å². The molecule has 1 heterocycles. The van der Waals surface area contributed by atoms with E-state index in [1.807, 2.05) is 20.8 Å². The van der Waals surface area contributed by atoms with E-state index in [9.17, 15) is 18.0 Å². The number of nitrogens with zero attached hydrogens (tertiary/aromatic N) is 2. The zero-order valence-electron chi connectivity index (χ0n) is 20.1. The van der Waals surface area contributed by atoms with E-state index in [-0.39, 0.29) is 18.9 Å². The molecule has 2 atom stereocenters. The van der Waals surface area contributed by atoms with Gasteiger partial charge >= 0.3 is 6.09 Å². The quantitative estimate of drug-likeness (QED) is 0.589. The Bertz CT molecular complexity index is 969. The third-order valence-electron chi connectivity index (χ3n) is 5.29. The van der Waals surface area contributed by atoms with Crippen molar-refractivity contribution >= 4 is 27.8 Å². The van der Waals surface area contributed by atoms with Crippen molar-refractivity contribution in [1.29, 1.82) is 0 Å². The molecular weight excluding hydrogens is 436 g/mol. The van der Waals surface area contributed by atoms with Gasteiger partial charge in [-0.1, -0.05) is 0 Å². The Hall–Kier alpha value is -2.33. The molecule has 0 radical (unpaired) electrons. The Kier molecular flexibility index (Phi) is 7.83. The number of likely N-dealkylation sites (N-methyl/N-ethyl adjacent to an activating group) is 1. The van der Waals surface area contributed by atoms with Crippen LogP contribution in [0.3, 0.4) is 0 Å². The summed E-state index contributed by atoms with van der Waals surface area (Å²) in [6.07, 6.45) is -0.518. The van der Waals surface area contributed by atoms with Crippen molar-refractivity contribution in [2.45, 2.75) is 65.7 Å². The first kappa shape index (κ1) is 25.9. The predicted octanol–water partition coefficient (Wildman–Crippen LogP) is 3.02.